The summed E-state index contributed by atoms with van der Waals surface area (Å²) in [6.07, 6.45) is -2.57. The molecule has 0 aliphatic heterocycles. The van der Waals surface area contributed by atoms with Gasteiger partial charge in [0.25, 0.3) is 0 Å². The van der Waals surface area contributed by atoms with Crippen LogP contribution in [0.5, 0.6) is 0 Å². The van der Waals surface area contributed by atoms with Crippen LogP contribution in [0.4, 0.5) is 18.0 Å². The molecule has 0 radical (unpaired) electrons. The Hall–Kier alpha value is -2.58. The highest BCUT2D eigenvalue weighted by Crippen LogP contribution is 2.30. The standard InChI is InChI=1S/C17H19F3N4O2/c1-3-24(13-8-9-13)16(25)23(2)10-11-4-6-12(7-5-11)14-21-15(26-22-14)17(18,19)20/h4-7,13H,3,8-10H2,1-2H3. The maximum Gasteiger partial charge on any atom is 0.471 e. The Morgan fingerprint density at radius 3 is 2.42 bits per heavy atom. The average Bonchev–Trinajstić information content (AvgIpc) is 3.29. The number of halogens is 3. The number of urea groups is 1. The van der Waals surface area contributed by atoms with E-state index in [4.69, 9.17) is 0 Å². The summed E-state index contributed by atoms with van der Waals surface area (Å²) in [6.45, 7) is 3.04. The van der Waals surface area contributed by atoms with Crippen molar-refractivity contribution in [2.75, 3.05) is 13.6 Å². The van der Waals surface area contributed by atoms with Crippen molar-refractivity contribution in [3.8, 4) is 11.4 Å². The molecular formula is C17H19F3N4O2. The number of carbonyl (C=O) groups excluding carboxylic acids is 1. The molecule has 1 aromatic carbocycles. The summed E-state index contributed by atoms with van der Waals surface area (Å²) in [7, 11) is 1.73. The van der Waals surface area contributed by atoms with Crippen LogP contribution in [0.3, 0.4) is 0 Å². The lowest BCUT2D eigenvalue weighted by Crippen LogP contribution is -2.41. The van der Waals surface area contributed by atoms with E-state index in [-0.39, 0.29) is 11.9 Å². The van der Waals surface area contributed by atoms with Gasteiger partial charge in [-0.2, -0.15) is 18.2 Å². The molecule has 9 heteroatoms. The molecule has 2 amide bonds. The van der Waals surface area contributed by atoms with Gasteiger partial charge in [0.05, 0.1) is 0 Å². The molecule has 1 saturated carbocycles. The van der Waals surface area contributed by atoms with Gasteiger partial charge >= 0.3 is 18.1 Å². The van der Waals surface area contributed by atoms with Crippen LogP contribution in [-0.4, -0.2) is 45.6 Å². The molecule has 0 saturated heterocycles. The van der Waals surface area contributed by atoms with E-state index in [1.807, 2.05) is 11.8 Å². The zero-order chi connectivity index (χ0) is 18.9. The minimum atomic E-state index is -4.67. The van der Waals surface area contributed by atoms with Crippen molar-refractivity contribution in [1.29, 1.82) is 0 Å². The summed E-state index contributed by atoms with van der Waals surface area (Å²) in [4.78, 5) is 19.3. The lowest BCUT2D eigenvalue weighted by molar-refractivity contribution is -0.159. The Bertz CT molecular complexity index is 769. The molecule has 1 aromatic heterocycles. The van der Waals surface area contributed by atoms with Gasteiger partial charge in [-0.25, -0.2) is 4.79 Å². The predicted molar refractivity (Wildman–Crippen MR) is 87.0 cm³/mol. The molecule has 3 rings (SSSR count). The molecule has 0 unspecified atom stereocenters. The van der Waals surface area contributed by atoms with Gasteiger partial charge in [0.1, 0.15) is 0 Å². The topological polar surface area (TPSA) is 62.5 Å². The zero-order valence-corrected chi connectivity index (χ0v) is 14.5. The first-order valence-electron chi connectivity index (χ1n) is 8.31. The monoisotopic (exact) mass is 368 g/mol. The third-order valence-electron chi connectivity index (χ3n) is 4.20. The Morgan fingerprint density at radius 2 is 1.92 bits per heavy atom. The van der Waals surface area contributed by atoms with Gasteiger partial charge in [0, 0.05) is 31.7 Å². The molecule has 0 spiro atoms. The van der Waals surface area contributed by atoms with E-state index in [0.717, 1.165) is 18.4 Å². The van der Waals surface area contributed by atoms with Crippen molar-refractivity contribution < 1.29 is 22.5 Å². The zero-order valence-electron chi connectivity index (χ0n) is 14.5. The number of rotatable bonds is 5. The summed E-state index contributed by atoms with van der Waals surface area (Å²) < 4.78 is 41.8. The summed E-state index contributed by atoms with van der Waals surface area (Å²) in [5.74, 6) is -1.50. The van der Waals surface area contributed by atoms with Crippen molar-refractivity contribution in [3.63, 3.8) is 0 Å². The summed E-state index contributed by atoms with van der Waals surface area (Å²) in [5.41, 5.74) is 1.27. The highest BCUT2D eigenvalue weighted by molar-refractivity contribution is 5.75. The predicted octanol–water partition coefficient (Wildman–Crippen LogP) is 3.79. The van der Waals surface area contributed by atoms with Crippen molar-refractivity contribution in [2.45, 2.75) is 38.5 Å². The Morgan fingerprint density at radius 1 is 1.27 bits per heavy atom. The second kappa shape index (κ2) is 6.97. The van der Waals surface area contributed by atoms with Crippen LogP contribution < -0.4 is 0 Å². The molecule has 1 fully saturated rings. The van der Waals surface area contributed by atoms with Crippen molar-refractivity contribution >= 4 is 6.03 Å². The fourth-order valence-electron chi connectivity index (χ4n) is 2.71. The normalized spacial score (nSPS) is 14.3. The van der Waals surface area contributed by atoms with Crippen LogP contribution in [0, 0.1) is 0 Å². The van der Waals surface area contributed by atoms with Crippen molar-refractivity contribution in [3.05, 3.63) is 35.7 Å². The van der Waals surface area contributed by atoms with E-state index in [9.17, 15) is 18.0 Å². The molecule has 140 valence electrons. The largest absolute Gasteiger partial charge is 0.471 e. The second-order valence-electron chi connectivity index (χ2n) is 6.27. The lowest BCUT2D eigenvalue weighted by atomic mass is 10.1. The second-order valence-corrected chi connectivity index (χ2v) is 6.27. The third kappa shape index (κ3) is 3.97. The van der Waals surface area contributed by atoms with Crippen molar-refractivity contribution in [2.24, 2.45) is 0 Å². The van der Waals surface area contributed by atoms with Crippen LogP contribution >= 0.6 is 0 Å². The van der Waals surface area contributed by atoms with Gasteiger partial charge in [-0.3, -0.25) is 0 Å². The first-order chi connectivity index (χ1) is 12.3. The van der Waals surface area contributed by atoms with E-state index < -0.39 is 12.1 Å². The fraction of sp³-hybridized carbons (Fsp3) is 0.471. The van der Waals surface area contributed by atoms with Crippen molar-refractivity contribution in [1.82, 2.24) is 19.9 Å². The van der Waals surface area contributed by atoms with Gasteiger partial charge in [-0.15, -0.1) is 0 Å². The molecule has 1 heterocycles. The highest BCUT2D eigenvalue weighted by Gasteiger charge is 2.38. The van der Waals surface area contributed by atoms with Gasteiger partial charge in [-0.1, -0.05) is 29.4 Å². The number of alkyl halides is 3. The van der Waals surface area contributed by atoms with E-state index in [1.54, 1.807) is 36.2 Å². The number of amides is 2. The number of carbonyl (C=O) groups is 1. The number of hydrogen-bond donors (Lipinski definition) is 0. The van der Waals surface area contributed by atoms with E-state index in [0.29, 0.717) is 24.7 Å². The van der Waals surface area contributed by atoms with Gasteiger partial charge in [-0.05, 0) is 25.3 Å². The van der Waals surface area contributed by atoms with Crippen LogP contribution in [-0.2, 0) is 12.7 Å². The molecule has 0 bridgehead atoms. The molecule has 1 aliphatic carbocycles. The molecule has 1 aliphatic rings. The van der Waals surface area contributed by atoms with Crippen LogP contribution in [0.1, 0.15) is 31.2 Å². The maximum atomic E-state index is 12.5. The number of nitrogens with zero attached hydrogens (tertiary/aromatic N) is 4. The van der Waals surface area contributed by atoms with Crippen LogP contribution in [0.2, 0.25) is 0 Å². The number of hydrogen-bond acceptors (Lipinski definition) is 4. The van der Waals surface area contributed by atoms with E-state index in [1.165, 1.54) is 0 Å². The third-order valence-corrected chi connectivity index (χ3v) is 4.20. The van der Waals surface area contributed by atoms with Gasteiger partial charge in [0.15, 0.2) is 0 Å². The lowest BCUT2D eigenvalue weighted by Gasteiger charge is -2.27. The van der Waals surface area contributed by atoms with Gasteiger partial charge < -0.3 is 14.3 Å². The maximum absolute atomic E-state index is 12.5. The SMILES string of the molecule is CCN(C(=O)N(C)Cc1ccc(-c2noc(C(F)(F)F)n2)cc1)C1CC1. The quantitative estimate of drug-likeness (QED) is 0.806. The molecule has 2 aromatic rings. The minimum absolute atomic E-state index is 0.0212. The Kier molecular flexibility index (Phi) is 4.88. The fourth-order valence-corrected chi connectivity index (χ4v) is 2.71. The summed E-state index contributed by atoms with van der Waals surface area (Å²) in [5, 5.41) is 3.36. The minimum Gasteiger partial charge on any atom is -0.329 e. The molecular weight excluding hydrogens is 349 g/mol. The van der Waals surface area contributed by atoms with Gasteiger partial charge in [0.2, 0.25) is 5.82 Å². The first-order valence-corrected chi connectivity index (χ1v) is 8.31. The Balaban J connectivity index is 1.66. The molecule has 0 N–H and O–H groups in total. The van der Waals surface area contributed by atoms with Crippen LogP contribution in [0.15, 0.2) is 28.8 Å². The highest BCUT2D eigenvalue weighted by atomic mass is 19.4. The molecule has 6 nitrogen and oxygen atoms in total. The number of aromatic nitrogens is 2. The van der Waals surface area contributed by atoms with E-state index >= 15 is 0 Å². The summed E-state index contributed by atoms with van der Waals surface area (Å²) >= 11 is 0. The molecule has 26 heavy (non-hydrogen) atoms. The first kappa shape index (κ1) is 18.2. The Labute approximate surface area is 148 Å². The van der Waals surface area contributed by atoms with E-state index in [2.05, 4.69) is 14.7 Å². The smallest absolute Gasteiger partial charge is 0.329 e. The summed E-state index contributed by atoms with van der Waals surface area (Å²) in [6, 6.07) is 7.01. The van der Waals surface area contributed by atoms with Crippen LogP contribution in [0.25, 0.3) is 11.4 Å². The number of benzene rings is 1. The molecule has 0 atom stereocenters. The average molecular weight is 368 g/mol.